The summed E-state index contributed by atoms with van der Waals surface area (Å²) in [5.41, 5.74) is 1.54. The summed E-state index contributed by atoms with van der Waals surface area (Å²) in [6.45, 7) is 0.954. The first-order chi connectivity index (χ1) is 14.5. The van der Waals surface area contributed by atoms with Crippen molar-refractivity contribution in [1.82, 2.24) is 9.97 Å². The molecule has 152 valence electrons. The second kappa shape index (κ2) is 8.41. The van der Waals surface area contributed by atoms with Gasteiger partial charge in [0.2, 0.25) is 5.95 Å². The molecule has 3 aromatic carbocycles. The Morgan fingerprint density at radius 3 is 1.90 bits per heavy atom. The van der Waals surface area contributed by atoms with E-state index in [-0.39, 0.29) is 11.5 Å². The average molecular weight is 408 g/mol. The van der Waals surface area contributed by atoms with Crippen LogP contribution in [-0.2, 0) is 19.3 Å². The van der Waals surface area contributed by atoms with Gasteiger partial charge in [0.1, 0.15) is 5.82 Å². The number of benzene rings is 3. The molecule has 30 heavy (non-hydrogen) atoms. The maximum Gasteiger partial charge on any atom is 0.416 e. The molecule has 0 amide bonds. The van der Waals surface area contributed by atoms with Gasteiger partial charge < -0.3 is 10.6 Å². The first-order valence-corrected chi connectivity index (χ1v) is 9.43. The summed E-state index contributed by atoms with van der Waals surface area (Å²) in [6.07, 6.45) is -4.44. The Hall–Kier alpha value is -3.61. The van der Waals surface area contributed by atoms with Crippen LogP contribution in [0.2, 0.25) is 0 Å². The maximum absolute atomic E-state index is 13.2. The van der Waals surface area contributed by atoms with Crippen LogP contribution in [0.4, 0.5) is 24.9 Å². The van der Waals surface area contributed by atoms with E-state index in [4.69, 9.17) is 0 Å². The van der Waals surface area contributed by atoms with Crippen LogP contribution >= 0.6 is 0 Å². The summed E-state index contributed by atoms with van der Waals surface area (Å²) in [5.74, 6) is 0.745. The molecule has 0 bridgehead atoms. The minimum absolute atomic E-state index is 0.228. The Morgan fingerprint density at radius 2 is 1.30 bits per heavy atom. The van der Waals surface area contributed by atoms with Crippen LogP contribution in [0.5, 0.6) is 0 Å². The van der Waals surface area contributed by atoms with E-state index in [2.05, 4.69) is 20.6 Å². The van der Waals surface area contributed by atoms with Crippen molar-refractivity contribution >= 4 is 22.7 Å². The minimum Gasteiger partial charge on any atom is -0.365 e. The molecule has 2 N–H and O–H groups in total. The van der Waals surface area contributed by atoms with Crippen molar-refractivity contribution in [3.8, 4) is 0 Å². The number of hydrogen-bond donors (Lipinski definition) is 2. The van der Waals surface area contributed by atoms with Gasteiger partial charge in [-0.2, -0.15) is 18.2 Å². The number of hydrogen-bond acceptors (Lipinski definition) is 4. The number of alkyl halides is 3. The highest BCUT2D eigenvalue weighted by Crippen LogP contribution is 2.33. The zero-order valence-electron chi connectivity index (χ0n) is 15.9. The molecule has 4 nitrogen and oxygen atoms in total. The van der Waals surface area contributed by atoms with E-state index in [9.17, 15) is 13.2 Å². The molecule has 0 unspecified atom stereocenters. The van der Waals surface area contributed by atoms with Gasteiger partial charge in [-0.3, -0.25) is 0 Å². The second-order valence-electron chi connectivity index (χ2n) is 6.80. The lowest BCUT2D eigenvalue weighted by Gasteiger charge is -2.14. The van der Waals surface area contributed by atoms with Crippen molar-refractivity contribution in [3.05, 3.63) is 95.6 Å². The normalized spacial score (nSPS) is 11.4. The number of anilines is 2. The molecule has 0 saturated heterocycles. The van der Waals surface area contributed by atoms with E-state index in [1.165, 1.54) is 6.07 Å². The molecular formula is C23H19F3N4. The third kappa shape index (κ3) is 4.68. The predicted molar refractivity (Wildman–Crippen MR) is 112 cm³/mol. The molecule has 1 heterocycles. The zero-order valence-corrected chi connectivity index (χ0v) is 15.9. The molecule has 0 spiro atoms. The quantitative estimate of drug-likeness (QED) is 0.419. The van der Waals surface area contributed by atoms with Crippen LogP contribution in [-0.4, -0.2) is 9.97 Å². The van der Waals surface area contributed by atoms with Gasteiger partial charge in [0.15, 0.2) is 0 Å². The highest BCUT2D eigenvalue weighted by atomic mass is 19.4. The van der Waals surface area contributed by atoms with Gasteiger partial charge in [-0.25, -0.2) is 4.98 Å². The highest BCUT2D eigenvalue weighted by molar-refractivity contribution is 5.90. The van der Waals surface area contributed by atoms with Crippen LogP contribution in [0.3, 0.4) is 0 Å². The number of halogens is 3. The van der Waals surface area contributed by atoms with E-state index in [0.29, 0.717) is 24.3 Å². The summed E-state index contributed by atoms with van der Waals surface area (Å²) >= 11 is 0. The summed E-state index contributed by atoms with van der Waals surface area (Å²) in [4.78, 5) is 8.83. The van der Waals surface area contributed by atoms with E-state index in [0.717, 1.165) is 23.3 Å². The molecule has 0 saturated carbocycles. The molecule has 0 atom stereocenters. The second-order valence-corrected chi connectivity index (χ2v) is 6.80. The third-order valence-electron chi connectivity index (χ3n) is 4.62. The highest BCUT2D eigenvalue weighted by Gasteiger charge is 2.30. The van der Waals surface area contributed by atoms with Crippen molar-refractivity contribution in [2.45, 2.75) is 19.3 Å². The summed E-state index contributed by atoms with van der Waals surface area (Å²) in [5, 5.41) is 6.87. The van der Waals surface area contributed by atoms with Crippen molar-refractivity contribution in [2.75, 3.05) is 10.6 Å². The molecule has 0 aliphatic heterocycles. The fourth-order valence-corrected chi connectivity index (χ4v) is 3.08. The van der Waals surface area contributed by atoms with Crippen LogP contribution in [0.15, 0.2) is 78.9 Å². The lowest BCUT2D eigenvalue weighted by Crippen LogP contribution is -2.09. The van der Waals surface area contributed by atoms with Crippen LogP contribution < -0.4 is 10.6 Å². The van der Waals surface area contributed by atoms with Crippen molar-refractivity contribution in [3.63, 3.8) is 0 Å². The average Bonchev–Trinajstić information content (AvgIpc) is 2.76. The van der Waals surface area contributed by atoms with E-state index in [1.807, 2.05) is 60.7 Å². The van der Waals surface area contributed by atoms with Gasteiger partial charge in [-0.05, 0) is 29.3 Å². The molecule has 4 aromatic rings. The van der Waals surface area contributed by atoms with Crippen molar-refractivity contribution < 1.29 is 13.2 Å². The standard InChI is InChI=1S/C23H19F3N4/c24-23(25,26)18-11-12-19-20(13-18)29-22(28-15-17-9-5-2-6-10-17)30-21(19)27-14-16-7-3-1-4-8-16/h1-13H,14-15H2,(H2,27,28,29,30). The molecule has 4 rings (SSSR count). The molecule has 0 aliphatic carbocycles. The van der Waals surface area contributed by atoms with Gasteiger partial charge in [0.05, 0.1) is 11.1 Å². The minimum atomic E-state index is -4.44. The first-order valence-electron chi connectivity index (χ1n) is 9.43. The lowest BCUT2D eigenvalue weighted by molar-refractivity contribution is -0.137. The number of nitrogens with zero attached hydrogens (tertiary/aromatic N) is 2. The van der Waals surface area contributed by atoms with Crippen LogP contribution in [0, 0.1) is 0 Å². The number of nitrogens with one attached hydrogen (secondary N) is 2. The van der Waals surface area contributed by atoms with Crippen molar-refractivity contribution in [1.29, 1.82) is 0 Å². The summed E-state index contributed by atoms with van der Waals surface area (Å²) in [6, 6.07) is 22.9. The molecule has 7 heteroatoms. The largest absolute Gasteiger partial charge is 0.416 e. The molecular weight excluding hydrogens is 389 g/mol. The van der Waals surface area contributed by atoms with Crippen LogP contribution in [0.25, 0.3) is 10.9 Å². The van der Waals surface area contributed by atoms with Crippen molar-refractivity contribution in [2.24, 2.45) is 0 Å². The Bertz CT molecular complexity index is 1130. The number of aromatic nitrogens is 2. The monoisotopic (exact) mass is 408 g/mol. The van der Waals surface area contributed by atoms with Gasteiger partial charge in [0, 0.05) is 18.5 Å². The van der Waals surface area contributed by atoms with Gasteiger partial charge in [-0.1, -0.05) is 60.7 Å². The Balaban J connectivity index is 1.67. The molecule has 0 radical (unpaired) electrons. The van der Waals surface area contributed by atoms with E-state index >= 15 is 0 Å². The van der Waals surface area contributed by atoms with Gasteiger partial charge >= 0.3 is 6.18 Å². The SMILES string of the molecule is FC(F)(F)c1ccc2c(NCc3ccccc3)nc(NCc3ccccc3)nc2c1. The summed E-state index contributed by atoms with van der Waals surface area (Å²) < 4.78 is 39.5. The smallest absolute Gasteiger partial charge is 0.365 e. The zero-order chi connectivity index (χ0) is 21.0. The maximum atomic E-state index is 13.2. The third-order valence-corrected chi connectivity index (χ3v) is 4.62. The van der Waals surface area contributed by atoms with Gasteiger partial charge in [-0.15, -0.1) is 0 Å². The molecule has 0 aliphatic rings. The molecule has 1 aromatic heterocycles. The predicted octanol–water partition coefficient (Wildman–Crippen LogP) is 5.87. The fourth-order valence-electron chi connectivity index (χ4n) is 3.08. The fraction of sp³-hybridized carbons (Fsp3) is 0.130. The van der Waals surface area contributed by atoms with Gasteiger partial charge in [0.25, 0.3) is 0 Å². The van der Waals surface area contributed by atoms with Crippen LogP contribution in [0.1, 0.15) is 16.7 Å². The summed E-state index contributed by atoms with van der Waals surface area (Å²) in [7, 11) is 0. The Kier molecular flexibility index (Phi) is 5.52. The lowest BCUT2D eigenvalue weighted by atomic mass is 10.1. The molecule has 0 fully saturated rings. The first kappa shape index (κ1) is 19.7. The number of fused-ring (bicyclic) bond motifs is 1. The topological polar surface area (TPSA) is 49.8 Å². The van der Waals surface area contributed by atoms with E-state index in [1.54, 1.807) is 0 Å². The number of rotatable bonds is 6. The van der Waals surface area contributed by atoms with E-state index < -0.39 is 11.7 Å². The Morgan fingerprint density at radius 1 is 0.700 bits per heavy atom. The Labute approximate surface area is 171 Å².